The first-order valence-corrected chi connectivity index (χ1v) is 8.60. The Kier molecular flexibility index (Phi) is 6.06. The Labute approximate surface area is 170 Å². The van der Waals surface area contributed by atoms with Crippen molar-refractivity contribution in [1.82, 2.24) is 0 Å². The Hall–Kier alpha value is -3.91. The number of halogens is 1. The third-order valence-electron chi connectivity index (χ3n) is 3.61. The highest BCUT2D eigenvalue weighted by atomic mass is 35.5. The lowest BCUT2D eigenvalue weighted by molar-refractivity contribution is 0.0596. The first-order valence-electron chi connectivity index (χ1n) is 8.22. The molecule has 0 aliphatic heterocycles. The zero-order valence-corrected chi connectivity index (χ0v) is 15.5. The van der Waals surface area contributed by atoms with Gasteiger partial charge in [-0.05, 0) is 60.7 Å². The fourth-order valence-corrected chi connectivity index (χ4v) is 2.35. The molecule has 1 amide bonds. The van der Waals surface area contributed by atoms with Crippen molar-refractivity contribution in [2.75, 3.05) is 5.48 Å². The molecule has 0 aliphatic rings. The molecule has 3 aromatic rings. The number of hydrogen-bond acceptors (Lipinski definition) is 7. The SMILES string of the molecule is O=C(N=Nc1ccc(NOC(=O)c2ccc(Cl)cc2)cc1)c1cc(O)cc(O)c1. The molecule has 0 heterocycles. The molecular formula is C20H14ClN3O5. The highest BCUT2D eigenvalue weighted by Gasteiger charge is 2.09. The van der Waals surface area contributed by atoms with Gasteiger partial charge in [-0.3, -0.25) is 4.79 Å². The predicted molar refractivity (Wildman–Crippen MR) is 106 cm³/mol. The lowest BCUT2D eigenvalue weighted by Crippen LogP contribution is -2.10. The molecular weight excluding hydrogens is 398 g/mol. The standard InChI is InChI=1S/C20H14ClN3O5/c21-14-3-1-12(2-4-14)20(28)29-24-16-7-5-15(6-8-16)22-23-19(27)13-9-17(25)11-18(26)10-13/h1-11,24-26H. The van der Waals surface area contributed by atoms with Crippen LogP contribution in [0.2, 0.25) is 5.02 Å². The molecule has 9 heteroatoms. The maximum Gasteiger partial charge on any atom is 0.362 e. The molecule has 146 valence electrons. The van der Waals surface area contributed by atoms with E-state index in [2.05, 4.69) is 15.7 Å². The van der Waals surface area contributed by atoms with Crippen LogP contribution in [0.25, 0.3) is 0 Å². The minimum Gasteiger partial charge on any atom is -0.508 e. The van der Waals surface area contributed by atoms with Crippen molar-refractivity contribution < 1.29 is 24.6 Å². The maximum absolute atomic E-state index is 12.0. The first kappa shape index (κ1) is 19.8. The van der Waals surface area contributed by atoms with Crippen molar-refractivity contribution in [3.8, 4) is 11.5 Å². The second kappa shape index (κ2) is 8.85. The summed E-state index contributed by atoms with van der Waals surface area (Å²) < 4.78 is 0. The number of carbonyl (C=O) groups excluding carboxylic acids is 2. The molecule has 0 atom stereocenters. The monoisotopic (exact) mass is 411 g/mol. The van der Waals surface area contributed by atoms with Crippen LogP contribution in [0.4, 0.5) is 11.4 Å². The Morgan fingerprint density at radius 1 is 0.862 bits per heavy atom. The minimum atomic E-state index is -0.727. The van der Waals surface area contributed by atoms with Gasteiger partial charge in [0.2, 0.25) is 0 Å². The van der Waals surface area contributed by atoms with E-state index in [4.69, 9.17) is 16.4 Å². The molecule has 0 saturated heterocycles. The van der Waals surface area contributed by atoms with Gasteiger partial charge in [0.05, 0.1) is 22.5 Å². The van der Waals surface area contributed by atoms with Crippen LogP contribution in [0.3, 0.4) is 0 Å². The normalized spacial score (nSPS) is 10.7. The fraction of sp³-hybridized carbons (Fsp3) is 0. The Morgan fingerprint density at radius 2 is 1.48 bits per heavy atom. The second-order valence-corrected chi connectivity index (χ2v) is 6.23. The highest BCUT2D eigenvalue weighted by Crippen LogP contribution is 2.22. The molecule has 0 radical (unpaired) electrons. The van der Waals surface area contributed by atoms with Crippen LogP contribution in [-0.4, -0.2) is 22.1 Å². The number of benzene rings is 3. The van der Waals surface area contributed by atoms with Gasteiger partial charge in [-0.15, -0.1) is 10.2 Å². The number of carbonyl (C=O) groups is 2. The molecule has 8 nitrogen and oxygen atoms in total. The number of nitrogens with zero attached hydrogens (tertiary/aromatic N) is 2. The molecule has 0 spiro atoms. The molecule has 0 aromatic heterocycles. The molecule has 0 fully saturated rings. The van der Waals surface area contributed by atoms with E-state index in [1.54, 1.807) is 48.5 Å². The third kappa shape index (κ3) is 5.53. The first-order chi connectivity index (χ1) is 13.9. The molecule has 0 saturated carbocycles. The molecule has 0 unspecified atom stereocenters. The number of phenolic OH excluding ortho intramolecular Hbond substituents is 2. The van der Waals surface area contributed by atoms with E-state index in [1.807, 2.05) is 0 Å². The van der Waals surface area contributed by atoms with Crippen molar-refractivity contribution in [1.29, 1.82) is 0 Å². The third-order valence-corrected chi connectivity index (χ3v) is 3.87. The van der Waals surface area contributed by atoms with E-state index in [0.717, 1.165) is 6.07 Å². The number of hydrogen-bond donors (Lipinski definition) is 3. The molecule has 3 rings (SSSR count). The van der Waals surface area contributed by atoms with Gasteiger partial charge >= 0.3 is 5.97 Å². The molecule has 3 aromatic carbocycles. The van der Waals surface area contributed by atoms with Crippen molar-refractivity contribution in [2.24, 2.45) is 10.2 Å². The van der Waals surface area contributed by atoms with Gasteiger partial charge in [0.15, 0.2) is 0 Å². The summed E-state index contributed by atoms with van der Waals surface area (Å²) in [7, 11) is 0. The molecule has 0 bridgehead atoms. The minimum absolute atomic E-state index is 0.00125. The van der Waals surface area contributed by atoms with E-state index in [-0.39, 0.29) is 17.1 Å². The van der Waals surface area contributed by atoms with E-state index in [1.165, 1.54) is 12.1 Å². The van der Waals surface area contributed by atoms with E-state index in [9.17, 15) is 19.8 Å². The van der Waals surface area contributed by atoms with Crippen LogP contribution in [0.1, 0.15) is 20.7 Å². The molecule has 3 N–H and O–H groups in total. The number of phenols is 2. The summed E-state index contributed by atoms with van der Waals surface area (Å²) in [6.45, 7) is 0. The second-order valence-electron chi connectivity index (χ2n) is 5.79. The van der Waals surface area contributed by atoms with Gasteiger partial charge in [0.25, 0.3) is 5.91 Å². The van der Waals surface area contributed by atoms with Crippen LogP contribution in [0.5, 0.6) is 11.5 Å². The van der Waals surface area contributed by atoms with Crippen molar-refractivity contribution in [3.05, 3.63) is 82.9 Å². The molecule has 29 heavy (non-hydrogen) atoms. The summed E-state index contributed by atoms with van der Waals surface area (Å²) in [5.74, 6) is -1.82. The summed E-state index contributed by atoms with van der Waals surface area (Å²) in [5, 5.41) is 26.7. The van der Waals surface area contributed by atoms with Crippen molar-refractivity contribution in [3.63, 3.8) is 0 Å². The highest BCUT2D eigenvalue weighted by molar-refractivity contribution is 6.30. The van der Waals surface area contributed by atoms with E-state index in [0.29, 0.717) is 22.0 Å². The van der Waals surface area contributed by atoms with Crippen LogP contribution in [-0.2, 0) is 4.84 Å². The Morgan fingerprint density at radius 3 is 2.10 bits per heavy atom. The van der Waals surface area contributed by atoms with Crippen LogP contribution >= 0.6 is 11.6 Å². The number of azo groups is 1. The average Bonchev–Trinajstić information content (AvgIpc) is 2.70. The lowest BCUT2D eigenvalue weighted by Gasteiger charge is -2.07. The Bertz CT molecular complexity index is 1050. The van der Waals surface area contributed by atoms with Gasteiger partial charge in [-0.25, -0.2) is 10.3 Å². The van der Waals surface area contributed by atoms with Crippen LogP contribution in [0.15, 0.2) is 77.0 Å². The topological polar surface area (TPSA) is 121 Å². The van der Waals surface area contributed by atoms with Gasteiger partial charge in [-0.2, -0.15) is 0 Å². The smallest absolute Gasteiger partial charge is 0.362 e. The molecule has 0 aliphatic carbocycles. The fourth-order valence-electron chi connectivity index (χ4n) is 2.23. The number of amides is 1. The summed E-state index contributed by atoms with van der Waals surface area (Å²) >= 11 is 5.77. The summed E-state index contributed by atoms with van der Waals surface area (Å²) in [4.78, 5) is 28.9. The van der Waals surface area contributed by atoms with Gasteiger partial charge in [-0.1, -0.05) is 11.6 Å². The Balaban J connectivity index is 1.58. The zero-order valence-electron chi connectivity index (χ0n) is 14.7. The van der Waals surface area contributed by atoms with E-state index >= 15 is 0 Å². The zero-order chi connectivity index (χ0) is 20.8. The van der Waals surface area contributed by atoms with Gasteiger partial charge < -0.3 is 15.1 Å². The summed E-state index contributed by atoms with van der Waals surface area (Å²) in [5.41, 5.74) is 3.70. The number of nitrogens with one attached hydrogen (secondary N) is 1. The quantitative estimate of drug-likeness (QED) is 0.407. The number of rotatable bonds is 5. The predicted octanol–water partition coefficient (Wildman–Crippen LogP) is 4.86. The summed E-state index contributed by atoms with van der Waals surface area (Å²) in [6, 6.07) is 15.9. The van der Waals surface area contributed by atoms with Gasteiger partial charge in [0.1, 0.15) is 11.5 Å². The largest absolute Gasteiger partial charge is 0.508 e. The number of aromatic hydroxyl groups is 2. The maximum atomic E-state index is 12.0. The number of anilines is 1. The van der Waals surface area contributed by atoms with Crippen LogP contribution in [0, 0.1) is 0 Å². The lowest BCUT2D eigenvalue weighted by atomic mass is 10.2. The van der Waals surface area contributed by atoms with Crippen LogP contribution < -0.4 is 5.48 Å². The van der Waals surface area contributed by atoms with E-state index < -0.39 is 11.9 Å². The van der Waals surface area contributed by atoms with Gasteiger partial charge in [0, 0.05) is 11.1 Å². The van der Waals surface area contributed by atoms with Crippen molar-refractivity contribution in [2.45, 2.75) is 0 Å². The summed E-state index contributed by atoms with van der Waals surface area (Å²) in [6.07, 6.45) is 0. The average molecular weight is 412 g/mol. The van der Waals surface area contributed by atoms with Crippen molar-refractivity contribution >= 4 is 34.9 Å².